The second-order valence-corrected chi connectivity index (χ2v) is 7.08. The maximum absolute atomic E-state index is 12.1. The monoisotopic (exact) mass is 331 g/mol. The van der Waals surface area contributed by atoms with Gasteiger partial charge in [0.25, 0.3) is 0 Å². The third-order valence-electron chi connectivity index (χ3n) is 5.14. The van der Waals surface area contributed by atoms with E-state index in [1.165, 1.54) is 18.5 Å². The number of nitrogens with one attached hydrogen (secondary N) is 2. The highest BCUT2D eigenvalue weighted by Crippen LogP contribution is 2.24. The summed E-state index contributed by atoms with van der Waals surface area (Å²) in [6.45, 7) is 6.24. The first-order valence-corrected chi connectivity index (χ1v) is 9.40. The third-order valence-corrected chi connectivity index (χ3v) is 5.14. The fraction of sp³-hybridized carbons (Fsp3) is 0.650. The first-order chi connectivity index (χ1) is 11.7. The van der Waals surface area contributed by atoms with Gasteiger partial charge in [0, 0.05) is 32.2 Å². The van der Waals surface area contributed by atoms with Crippen LogP contribution in [0.5, 0.6) is 0 Å². The standard InChI is InChI=1S/C20H33N3O/c1-17(18-10-13-21-14-11-18)16-20(24)22-12-6-7-15-23(2)19-8-4-3-5-9-19/h3-5,8-9,17-18,21H,6-7,10-16H2,1-2H3,(H,22,24). The van der Waals surface area contributed by atoms with Gasteiger partial charge in [-0.25, -0.2) is 0 Å². The van der Waals surface area contributed by atoms with Crippen molar-refractivity contribution in [1.29, 1.82) is 0 Å². The minimum absolute atomic E-state index is 0.220. The van der Waals surface area contributed by atoms with Gasteiger partial charge in [0.05, 0.1) is 0 Å². The molecule has 1 unspecified atom stereocenters. The van der Waals surface area contributed by atoms with Crippen molar-refractivity contribution in [3.8, 4) is 0 Å². The van der Waals surface area contributed by atoms with Gasteiger partial charge in [0.2, 0.25) is 5.91 Å². The number of para-hydroxylation sites is 1. The number of unbranched alkanes of at least 4 members (excludes halogenated alkanes) is 1. The van der Waals surface area contributed by atoms with Crippen LogP contribution in [0.2, 0.25) is 0 Å². The molecule has 1 fully saturated rings. The smallest absolute Gasteiger partial charge is 0.220 e. The van der Waals surface area contributed by atoms with E-state index < -0.39 is 0 Å². The number of amides is 1. The predicted octanol–water partition coefficient (Wildman–Crippen LogP) is 3.05. The van der Waals surface area contributed by atoms with E-state index in [-0.39, 0.29) is 5.91 Å². The molecule has 0 bridgehead atoms. The Morgan fingerprint density at radius 2 is 1.96 bits per heavy atom. The van der Waals surface area contributed by atoms with Crippen LogP contribution in [0, 0.1) is 11.8 Å². The molecule has 0 saturated carbocycles. The van der Waals surface area contributed by atoms with Crippen molar-refractivity contribution >= 4 is 11.6 Å². The van der Waals surface area contributed by atoms with Gasteiger partial charge in [0.15, 0.2) is 0 Å². The molecule has 1 aromatic rings. The maximum atomic E-state index is 12.1. The molecule has 4 heteroatoms. The van der Waals surface area contributed by atoms with Gasteiger partial charge in [-0.05, 0) is 62.7 Å². The Morgan fingerprint density at radius 3 is 2.67 bits per heavy atom. The zero-order valence-corrected chi connectivity index (χ0v) is 15.3. The summed E-state index contributed by atoms with van der Waals surface area (Å²) >= 11 is 0. The van der Waals surface area contributed by atoms with Crippen LogP contribution in [0.15, 0.2) is 30.3 Å². The molecule has 1 aliphatic rings. The summed E-state index contributed by atoms with van der Waals surface area (Å²) in [7, 11) is 2.12. The average Bonchev–Trinajstić information content (AvgIpc) is 2.62. The number of carbonyl (C=O) groups is 1. The van der Waals surface area contributed by atoms with Gasteiger partial charge in [0.1, 0.15) is 0 Å². The lowest BCUT2D eigenvalue weighted by atomic mass is 9.84. The second-order valence-electron chi connectivity index (χ2n) is 7.08. The Kier molecular flexibility index (Phi) is 8.10. The summed E-state index contributed by atoms with van der Waals surface area (Å²) in [5.41, 5.74) is 1.25. The Bertz CT molecular complexity index is 471. The predicted molar refractivity (Wildman–Crippen MR) is 101 cm³/mol. The van der Waals surface area contributed by atoms with Crippen LogP contribution < -0.4 is 15.5 Å². The minimum atomic E-state index is 0.220. The molecule has 1 heterocycles. The van der Waals surface area contributed by atoms with Crippen molar-refractivity contribution in [1.82, 2.24) is 10.6 Å². The number of benzene rings is 1. The molecule has 1 atom stereocenters. The summed E-state index contributed by atoms with van der Waals surface area (Å²) < 4.78 is 0. The van der Waals surface area contributed by atoms with Crippen molar-refractivity contribution in [3.05, 3.63) is 30.3 Å². The van der Waals surface area contributed by atoms with E-state index in [1.54, 1.807) is 0 Å². The van der Waals surface area contributed by atoms with Crippen LogP contribution >= 0.6 is 0 Å². The first-order valence-electron chi connectivity index (χ1n) is 9.40. The van der Waals surface area contributed by atoms with Gasteiger partial charge in [-0.3, -0.25) is 4.79 Å². The van der Waals surface area contributed by atoms with Crippen molar-refractivity contribution in [3.63, 3.8) is 0 Å². The molecule has 1 aromatic carbocycles. The summed E-state index contributed by atoms with van der Waals surface area (Å²) in [5, 5.41) is 6.48. The molecular weight excluding hydrogens is 298 g/mol. The molecule has 2 N–H and O–H groups in total. The SMILES string of the molecule is CC(CC(=O)NCCCCN(C)c1ccccc1)C1CCNCC1. The number of piperidine rings is 1. The van der Waals surface area contributed by atoms with Crippen molar-refractivity contribution < 1.29 is 4.79 Å². The van der Waals surface area contributed by atoms with Gasteiger partial charge >= 0.3 is 0 Å². The van der Waals surface area contributed by atoms with Gasteiger partial charge in [-0.2, -0.15) is 0 Å². The summed E-state index contributed by atoms with van der Waals surface area (Å²) in [6.07, 6.45) is 5.22. The number of rotatable bonds is 9. The van der Waals surface area contributed by atoms with Crippen molar-refractivity contribution in [2.24, 2.45) is 11.8 Å². The number of anilines is 1. The zero-order valence-electron chi connectivity index (χ0n) is 15.3. The molecule has 0 radical (unpaired) electrons. The molecular formula is C20H33N3O. The van der Waals surface area contributed by atoms with Gasteiger partial charge < -0.3 is 15.5 Å². The molecule has 0 aromatic heterocycles. The number of carbonyl (C=O) groups excluding carboxylic acids is 1. The maximum Gasteiger partial charge on any atom is 0.220 e. The number of hydrogen-bond donors (Lipinski definition) is 2. The largest absolute Gasteiger partial charge is 0.375 e. The van der Waals surface area contributed by atoms with E-state index in [1.807, 2.05) is 6.07 Å². The lowest BCUT2D eigenvalue weighted by Gasteiger charge is -2.27. The summed E-state index contributed by atoms with van der Waals surface area (Å²) in [6, 6.07) is 10.4. The Morgan fingerprint density at radius 1 is 1.25 bits per heavy atom. The highest BCUT2D eigenvalue weighted by Gasteiger charge is 2.21. The second kappa shape index (κ2) is 10.3. The molecule has 1 amide bonds. The Hall–Kier alpha value is -1.55. The quantitative estimate of drug-likeness (QED) is 0.684. The molecule has 1 saturated heterocycles. The van der Waals surface area contributed by atoms with E-state index in [2.05, 4.69) is 53.8 Å². The van der Waals surface area contributed by atoms with E-state index in [0.717, 1.165) is 39.0 Å². The van der Waals surface area contributed by atoms with E-state index >= 15 is 0 Å². The summed E-state index contributed by atoms with van der Waals surface area (Å²) in [5.74, 6) is 1.42. The minimum Gasteiger partial charge on any atom is -0.375 e. The Labute approximate surface area is 147 Å². The normalized spacial score (nSPS) is 16.6. The van der Waals surface area contributed by atoms with E-state index in [9.17, 15) is 4.79 Å². The fourth-order valence-corrected chi connectivity index (χ4v) is 3.46. The Balaban J connectivity index is 1.54. The molecule has 0 aliphatic carbocycles. The number of nitrogens with zero attached hydrogens (tertiary/aromatic N) is 1. The van der Waals surface area contributed by atoms with Crippen LogP contribution in [0.4, 0.5) is 5.69 Å². The van der Waals surface area contributed by atoms with E-state index in [4.69, 9.17) is 0 Å². The number of hydrogen-bond acceptors (Lipinski definition) is 3. The molecule has 24 heavy (non-hydrogen) atoms. The molecule has 1 aliphatic heterocycles. The zero-order chi connectivity index (χ0) is 17.2. The average molecular weight is 332 g/mol. The lowest BCUT2D eigenvalue weighted by molar-refractivity contribution is -0.122. The van der Waals surface area contributed by atoms with Gasteiger partial charge in [-0.1, -0.05) is 25.1 Å². The highest BCUT2D eigenvalue weighted by molar-refractivity contribution is 5.76. The molecule has 0 spiro atoms. The molecule has 134 valence electrons. The van der Waals surface area contributed by atoms with Crippen molar-refractivity contribution in [2.45, 2.75) is 39.0 Å². The van der Waals surface area contributed by atoms with Crippen LogP contribution in [0.3, 0.4) is 0 Å². The molecule has 2 rings (SSSR count). The van der Waals surface area contributed by atoms with Crippen LogP contribution in [-0.2, 0) is 4.79 Å². The van der Waals surface area contributed by atoms with E-state index in [0.29, 0.717) is 18.3 Å². The van der Waals surface area contributed by atoms with Gasteiger partial charge in [-0.15, -0.1) is 0 Å². The lowest BCUT2D eigenvalue weighted by Crippen LogP contribution is -2.33. The third kappa shape index (κ3) is 6.52. The summed E-state index contributed by atoms with van der Waals surface area (Å²) in [4.78, 5) is 14.3. The first kappa shape index (κ1) is 18.8. The topological polar surface area (TPSA) is 44.4 Å². The van der Waals surface area contributed by atoms with Crippen LogP contribution in [-0.4, -0.2) is 39.1 Å². The highest BCUT2D eigenvalue weighted by atomic mass is 16.1. The molecule has 4 nitrogen and oxygen atoms in total. The van der Waals surface area contributed by atoms with Crippen LogP contribution in [0.25, 0.3) is 0 Å². The van der Waals surface area contributed by atoms with Crippen molar-refractivity contribution in [2.75, 3.05) is 38.1 Å². The van der Waals surface area contributed by atoms with Crippen LogP contribution in [0.1, 0.15) is 39.0 Å². The fourth-order valence-electron chi connectivity index (χ4n) is 3.46.